The van der Waals surface area contributed by atoms with Gasteiger partial charge in [-0.15, -0.1) is 0 Å². The van der Waals surface area contributed by atoms with Gasteiger partial charge in [0.25, 0.3) is 0 Å². The number of pyridine rings is 1. The van der Waals surface area contributed by atoms with Crippen molar-refractivity contribution < 1.29 is 9.59 Å². The topological polar surface area (TPSA) is 50.3 Å². The van der Waals surface area contributed by atoms with E-state index in [-0.39, 0.29) is 23.7 Å². The van der Waals surface area contributed by atoms with E-state index >= 15 is 0 Å². The van der Waals surface area contributed by atoms with Gasteiger partial charge in [-0.1, -0.05) is 78.9 Å². The summed E-state index contributed by atoms with van der Waals surface area (Å²) in [6.45, 7) is 0. The average molecular weight is 380 g/mol. The Morgan fingerprint density at radius 1 is 0.621 bits per heavy atom. The van der Waals surface area contributed by atoms with Crippen LogP contribution in [0, 0.1) is 11.8 Å². The van der Waals surface area contributed by atoms with Crippen LogP contribution < -0.4 is 4.90 Å². The molecule has 3 aromatic rings. The first-order valence-corrected chi connectivity index (χ1v) is 9.83. The van der Waals surface area contributed by atoms with Crippen molar-refractivity contribution in [1.29, 1.82) is 0 Å². The molecular weight excluding hydrogens is 360 g/mol. The number of imide groups is 1. The molecule has 1 aliphatic heterocycles. The lowest BCUT2D eigenvalue weighted by Gasteiger charge is -2.32. The maximum absolute atomic E-state index is 13.5. The van der Waals surface area contributed by atoms with E-state index in [4.69, 9.17) is 0 Å². The summed E-state index contributed by atoms with van der Waals surface area (Å²) in [5, 5.41) is 0. The van der Waals surface area contributed by atoms with Crippen molar-refractivity contribution in [2.45, 2.75) is 11.8 Å². The van der Waals surface area contributed by atoms with Gasteiger partial charge in [0.2, 0.25) is 11.8 Å². The normalized spacial score (nSPS) is 25.9. The first-order chi connectivity index (χ1) is 14.3. The first-order valence-electron chi connectivity index (χ1n) is 9.83. The van der Waals surface area contributed by atoms with Crippen LogP contribution in [-0.4, -0.2) is 16.8 Å². The molecule has 0 saturated carbocycles. The maximum Gasteiger partial charge on any atom is 0.239 e. The molecule has 4 atom stereocenters. The molecule has 1 fully saturated rings. The summed E-state index contributed by atoms with van der Waals surface area (Å²) in [6, 6.07) is 25.2. The number of amides is 2. The zero-order valence-corrected chi connectivity index (χ0v) is 15.8. The van der Waals surface area contributed by atoms with Crippen LogP contribution in [0.4, 0.5) is 5.82 Å². The van der Waals surface area contributed by atoms with E-state index in [1.165, 1.54) is 4.90 Å². The number of hydrogen-bond donors (Lipinski definition) is 0. The van der Waals surface area contributed by atoms with E-state index in [9.17, 15) is 9.59 Å². The Kier molecular flexibility index (Phi) is 4.32. The molecule has 4 heteroatoms. The highest BCUT2D eigenvalue weighted by atomic mass is 16.2. The predicted octanol–water partition coefficient (Wildman–Crippen LogP) is 4.32. The Morgan fingerprint density at radius 2 is 1.10 bits per heavy atom. The fourth-order valence-electron chi connectivity index (χ4n) is 4.65. The summed E-state index contributed by atoms with van der Waals surface area (Å²) in [7, 11) is 0. The van der Waals surface area contributed by atoms with E-state index in [0.717, 1.165) is 11.1 Å². The van der Waals surface area contributed by atoms with Gasteiger partial charge < -0.3 is 0 Å². The van der Waals surface area contributed by atoms with Crippen molar-refractivity contribution in [3.8, 4) is 0 Å². The molecule has 0 radical (unpaired) electrons. The van der Waals surface area contributed by atoms with E-state index in [1.54, 1.807) is 24.4 Å². The zero-order valence-electron chi connectivity index (χ0n) is 15.8. The second kappa shape index (κ2) is 7.13. The summed E-state index contributed by atoms with van der Waals surface area (Å²) < 4.78 is 0. The number of carbonyl (C=O) groups is 2. The minimum atomic E-state index is -0.442. The van der Waals surface area contributed by atoms with Gasteiger partial charge in [0.15, 0.2) is 0 Å². The van der Waals surface area contributed by atoms with Gasteiger partial charge in [0, 0.05) is 18.0 Å². The van der Waals surface area contributed by atoms with Gasteiger partial charge in [-0.25, -0.2) is 9.88 Å². The third-order valence-electron chi connectivity index (χ3n) is 5.94. The third kappa shape index (κ3) is 2.88. The van der Waals surface area contributed by atoms with E-state index in [0.29, 0.717) is 5.82 Å². The Hall–Kier alpha value is -3.53. The molecule has 2 heterocycles. The van der Waals surface area contributed by atoms with Crippen LogP contribution in [0.2, 0.25) is 0 Å². The summed E-state index contributed by atoms with van der Waals surface area (Å²) >= 11 is 0. The SMILES string of the molecule is O=C1[C@@H]2[C@H](C(=O)N1c1ccccn1)[C@H](c1ccccc1)C=C[C@@H]2c1ccccc1. The van der Waals surface area contributed by atoms with Crippen LogP contribution in [0.1, 0.15) is 23.0 Å². The Bertz CT molecular complexity index is 996. The van der Waals surface area contributed by atoms with Gasteiger partial charge in [-0.05, 0) is 23.3 Å². The van der Waals surface area contributed by atoms with Crippen LogP contribution in [0.15, 0.2) is 97.2 Å². The highest BCUT2D eigenvalue weighted by Crippen LogP contribution is 2.49. The Labute approximate surface area is 169 Å². The zero-order chi connectivity index (χ0) is 19.8. The summed E-state index contributed by atoms with van der Waals surface area (Å²) in [5.74, 6) is -1.09. The fraction of sp³-hybridized carbons (Fsp3) is 0.160. The number of allylic oxidation sites excluding steroid dienone is 2. The number of benzene rings is 2. The van der Waals surface area contributed by atoms with Gasteiger partial charge in [0.05, 0.1) is 11.8 Å². The molecule has 2 aliphatic rings. The lowest BCUT2D eigenvalue weighted by atomic mass is 9.68. The largest absolute Gasteiger partial charge is 0.274 e. The monoisotopic (exact) mass is 380 g/mol. The smallest absolute Gasteiger partial charge is 0.239 e. The molecule has 5 rings (SSSR count). The molecule has 4 nitrogen and oxygen atoms in total. The van der Waals surface area contributed by atoms with E-state index in [2.05, 4.69) is 17.1 Å². The van der Waals surface area contributed by atoms with Crippen molar-refractivity contribution in [2.24, 2.45) is 11.8 Å². The molecule has 2 amide bonds. The fourth-order valence-corrected chi connectivity index (χ4v) is 4.65. The molecule has 29 heavy (non-hydrogen) atoms. The molecule has 2 aromatic carbocycles. The Balaban J connectivity index is 1.64. The van der Waals surface area contributed by atoms with Crippen LogP contribution in [-0.2, 0) is 9.59 Å². The average Bonchev–Trinajstić information content (AvgIpc) is 3.06. The molecule has 1 saturated heterocycles. The lowest BCUT2D eigenvalue weighted by Crippen LogP contribution is -2.32. The van der Waals surface area contributed by atoms with Crippen molar-refractivity contribution in [3.63, 3.8) is 0 Å². The van der Waals surface area contributed by atoms with Crippen molar-refractivity contribution in [3.05, 3.63) is 108 Å². The quantitative estimate of drug-likeness (QED) is 0.502. The highest BCUT2D eigenvalue weighted by molar-refractivity contribution is 6.22. The van der Waals surface area contributed by atoms with Crippen LogP contribution >= 0.6 is 0 Å². The van der Waals surface area contributed by atoms with E-state index in [1.807, 2.05) is 60.7 Å². The predicted molar refractivity (Wildman–Crippen MR) is 111 cm³/mol. The number of fused-ring (bicyclic) bond motifs is 1. The third-order valence-corrected chi connectivity index (χ3v) is 5.94. The summed E-state index contributed by atoms with van der Waals surface area (Å²) in [6.07, 6.45) is 5.81. The van der Waals surface area contributed by atoms with Crippen LogP contribution in [0.3, 0.4) is 0 Å². The van der Waals surface area contributed by atoms with Gasteiger partial charge in [-0.2, -0.15) is 0 Å². The maximum atomic E-state index is 13.5. The molecular formula is C25H20N2O2. The van der Waals surface area contributed by atoms with Crippen molar-refractivity contribution in [2.75, 3.05) is 4.90 Å². The molecule has 0 spiro atoms. The lowest BCUT2D eigenvalue weighted by molar-refractivity contribution is -0.122. The second-order valence-corrected chi connectivity index (χ2v) is 7.51. The molecule has 0 bridgehead atoms. The summed E-state index contributed by atoms with van der Waals surface area (Å²) in [4.78, 5) is 32.6. The van der Waals surface area contributed by atoms with Crippen molar-refractivity contribution >= 4 is 17.6 Å². The molecule has 0 unspecified atom stereocenters. The Morgan fingerprint density at radius 3 is 1.55 bits per heavy atom. The van der Waals surface area contributed by atoms with Gasteiger partial charge in [0.1, 0.15) is 5.82 Å². The van der Waals surface area contributed by atoms with Gasteiger partial charge in [-0.3, -0.25) is 9.59 Å². The second-order valence-electron chi connectivity index (χ2n) is 7.51. The number of aromatic nitrogens is 1. The van der Waals surface area contributed by atoms with Gasteiger partial charge >= 0.3 is 0 Å². The molecule has 1 aliphatic carbocycles. The van der Waals surface area contributed by atoms with E-state index < -0.39 is 11.8 Å². The number of anilines is 1. The molecule has 0 N–H and O–H groups in total. The molecule has 142 valence electrons. The minimum Gasteiger partial charge on any atom is -0.274 e. The summed E-state index contributed by atoms with van der Waals surface area (Å²) in [5.41, 5.74) is 2.10. The number of nitrogens with zero attached hydrogens (tertiary/aromatic N) is 2. The van der Waals surface area contributed by atoms with Crippen LogP contribution in [0.25, 0.3) is 0 Å². The number of carbonyl (C=O) groups excluding carboxylic acids is 2. The standard InChI is InChI=1S/C25H20N2O2/c28-24-22-19(17-9-3-1-4-10-17)14-15-20(18-11-5-2-6-12-18)23(22)25(29)27(24)21-13-7-8-16-26-21/h1-16,19-20,22-23H/t19-,20+,22+,23-. The minimum absolute atomic E-state index is 0.133. The van der Waals surface area contributed by atoms with Crippen molar-refractivity contribution in [1.82, 2.24) is 4.98 Å². The van der Waals surface area contributed by atoms with Crippen LogP contribution in [0.5, 0.6) is 0 Å². The molecule has 1 aromatic heterocycles. The number of rotatable bonds is 3. The number of hydrogen-bond acceptors (Lipinski definition) is 3. The first kappa shape index (κ1) is 17.6. The highest BCUT2D eigenvalue weighted by Gasteiger charge is 2.55.